The molecule has 1 fully saturated rings. The van der Waals surface area contributed by atoms with E-state index in [2.05, 4.69) is 9.98 Å². The minimum atomic E-state index is -0.0864. The minimum Gasteiger partial charge on any atom is -0.489 e. The maximum absolute atomic E-state index is 12.8. The zero-order chi connectivity index (χ0) is 24.2. The molecule has 0 bridgehead atoms. The lowest BCUT2D eigenvalue weighted by molar-refractivity contribution is -0.121. The number of ether oxygens (including phenoxy) is 1. The Kier molecular flexibility index (Phi) is 6.99. The third-order valence-corrected chi connectivity index (χ3v) is 7.30. The topological polar surface area (TPSA) is 54.8 Å². The summed E-state index contributed by atoms with van der Waals surface area (Å²) in [5, 5.41) is 3.91. The second-order valence-corrected chi connectivity index (χ2v) is 10.0. The van der Waals surface area contributed by atoms with Gasteiger partial charge in [0.2, 0.25) is 5.13 Å². The van der Waals surface area contributed by atoms with Gasteiger partial charge in [-0.25, -0.2) is 4.98 Å². The molecule has 1 aliphatic heterocycles. The van der Waals surface area contributed by atoms with Gasteiger partial charge in [0.25, 0.3) is 5.91 Å². The summed E-state index contributed by atoms with van der Waals surface area (Å²) in [4.78, 5) is 24.2. The van der Waals surface area contributed by atoms with Gasteiger partial charge in [-0.05, 0) is 53.2 Å². The monoisotopic (exact) mass is 517 g/mol. The minimum absolute atomic E-state index is 0.0864. The molecular formula is C27H20ClN3O2S2. The number of likely N-dealkylation sites (N-methyl/N-ethyl adjacent to an activating group) is 1. The molecule has 5 nitrogen and oxygen atoms in total. The zero-order valence-electron chi connectivity index (χ0n) is 18.7. The van der Waals surface area contributed by atoms with Gasteiger partial charge in [0.1, 0.15) is 12.4 Å². The normalized spacial score (nSPS) is 15.8. The molecule has 3 aromatic carbocycles. The van der Waals surface area contributed by atoms with Crippen LogP contribution >= 0.6 is 34.7 Å². The number of amides is 1. The van der Waals surface area contributed by atoms with Crippen molar-refractivity contribution in [3.05, 3.63) is 105 Å². The number of amidine groups is 1. The molecule has 8 heteroatoms. The highest BCUT2D eigenvalue weighted by atomic mass is 35.5. The van der Waals surface area contributed by atoms with E-state index in [4.69, 9.17) is 16.3 Å². The molecule has 1 amide bonds. The van der Waals surface area contributed by atoms with Gasteiger partial charge in [0.05, 0.1) is 10.6 Å². The Balaban J connectivity index is 1.26. The number of carbonyl (C=O) groups is 1. The van der Waals surface area contributed by atoms with Crippen molar-refractivity contribution in [3.8, 4) is 17.0 Å². The number of halogens is 1. The average molecular weight is 518 g/mol. The Bertz CT molecular complexity index is 1400. The SMILES string of the molecule is CN1C(=O)/C(=C/c2ccc(OCc3ccc(Cl)cc3)cc2)S/C1=N/c1nc(-c2ccccc2)cs1. The maximum atomic E-state index is 12.8. The number of aliphatic imine (C=N–C) groups is 1. The highest BCUT2D eigenvalue weighted by Crippen LogP contribution is 2.35. The molecule has 1 aromatic heterocycles. The van der Waals surface area contributed by atoms with E-state index >= 15 is 0 Å². The van der Waals surface area contributed by atoms with Crippen molar-refractivity contribution in [3.63, 3.8) is 0 Å². The van der Waals surface area contributed by atoms with Crippen LogP contribution in [-0.4, -0.2) is 28.0 Å². The van der Waals surface area contributed by atoms with Crippen LogP contribution in [0.4, 0.5) is 5.13 Å². The van der Waals surface area contributed by atoms with Gasteiger partial charge in [-0.3, -0.25) is 9.69 Å². The van der Waals surface area contributed by atoms with Crippen LogP contribution in [0.1, 0.15) is 11.1 Å². The second-order valence-electron chi connectivity index (χ2n) is 7.73. The zero-order valence-corrected chi connectivity index (χ0v) is 21.1. The fourth-order valence-corrected chi connectivity index (χ4v) is 5.20. The van der Waals surface area contributed by atoms with E-state index in [9.17, 15) is 4.79 Å². The summed E-state index contributed by atoms with van der Waals surface area (Å²) in [6.45, 7) is 0.458. The number of hydrogen-bond acceptors (Lipinski definition) is 6. The Labute approximate surface area is 216 Å². The number of carbonyl (C=O) groups excluding carboxylic acids is 1. The van der Waals surface area contributed by atoms with E-state index in [0.29, 0.717) is 26.8 Å². The van der Waals surface area contributed by atoms with Crippen LogP contribution in [0.3, 0.4) is 0 Å². The molecule has 0 aliphatic carbocycles. The Morgan fingerprint density at radius 3 is 2.51 bits per heavy atom. The summed E-state index contributed by atoms with van der Waals surface area (Å²) in [7, 11) is 1.73. The van der Waals surface area contributed by atoms with E-state index in [-0.39, 0.29) is 5.91 Å². The highest BCUT2D eigenvalue weighted by Gasteiger charge is 2.30. The molecule has 0 saturated carbocycles. The van der Waals surface area contributed by atoms with Crippen molar-refractivity contribution in [2.24, 2.45) is 4.99 Å². The van der Waals surface area contributed by atoms with Crippen LogP contribution in [0.5, 0.6) is 5.75 Å². The molecule has 4 aromatic rings. The first kappa shape index (κ1) is 23.4. The number of aromatic nitrogens is 1. The van der Waals surface area contributed by atoms with Gasteiger partial charge in [-0.2, -0.15) is 4.99 Å². The predicted octanol–water partition coefficient (Wildman–Crippen LogP) is 7.28. The van der Waals surface area contributed by atoms with Crippen LogP contribution < -0.4 is 4.74 Å². The molecule has 35 heavy (non-hydrogen) atoms. The van der Waals surface area contributed by atoms with E-state index in [1.165, 1.54) is 23.1 Å². The van der Waals surface area contributed by atoms with Crippen molar-refractivity contribution in [1.29, 1.82) is 0 Å². The Hall–Kier alpha value is -3.39. The molecule has 0 unspecified atom stereocenters. The second kappa shape index (κ2) is 10.5. The van der Waals surface area contributed by atoms with Gasteiger partial charge in [0, 0.05) is 23.0 Å². The van der Waals surface area contributed by atoms with Gasteiger partial charge in [0.15, 0.2) is 5.17 Å². The van der Waals surface area contributed by atoms with Crippen molar-refractivity contribution in [1.82, 2.24) is 9.88 Å². The number of nitrogens with zero attached hydrogens (tertiary/aromatic N) is 3. The third kappa shape index (κ3) is 5.65. The summed E-state index contributed by atoms with van der Waals surface area (Å²) in [5.74, 6) is 0.668. The van der Waals surface area contributed by atoms with Crippen molar-refractivity contribution < 1.29 is 9.53 Å². The molecule has 1 aliphatic rings. The van der Waals surface area contributed by atoms with Crippen LogP contribution in [0.2, 0.25) is 5.02 Å². The predicted molar refractivity (Wildman–Crippen MR) is 145 cm³/mol. The quantitative estimate of drug-likeness (QED) is 0.252. The fraction of sp³-hybridized carbons (Fsp3) is 0.0741. The molecule has 1 saturated heterocycles. The van der Waals surface area contributed by atoms with Gasteiger partial charge < -0.3 is 4.74 Å². The number of benzene rings is 3. The maximum Gasteiger partial charge on any atom is 0.266 e. The number of hydrogen-bond donors (Lipinski definition) is 0. The van der Waals surface area contributed by atoms with Crippen LogP contribution in [-0.2, 0) is 11.4 Å². The number of thiazole rings is 1. The first-order valence-corrected chi connectivity index (χ1v) is 12.9. The van der Waals surface area contributed by atoms with E-state index < -0.39 is 0 Å². The van der Waals surface area contributed by atoms with Crippen molar-refractivity contribution >= 4 is 57.0 Å². The molecular weight excluding hydrogens is 498 g/mol. The Morgan fingerprint density at radius 1 is 1.03 bits per heavy atom. The third-order valence-electron chi connectivity index (χ3n) is 5.25. The number of thioether (sulfide) groups is 1. The summed E-state index contributed by atoms with van der Waals surface area (Å²) in [5.41, 5.74) is 3.87. The lowest BCUT2D eigenvalue weighted by Crippen LogP contribution is -2.23. The largest absolute Gasteiger partial charge is 0.489 e. The van der Waals surface area contributed by atoms with Gasteiger partial charge in [-0.1, -0.05) is 66.2 Å². The summed E-state index contributed by atoms with van der Waals surface area (Å²) in [6.07, 6.45) is 1.87. The first-order chi connectivity index (χ1) is 17.0. The standard InChI is InChI=1S/C27H20ClN3O2S2/c1-31-25(32)24(35-27(31)30-26-29-23(17-34-26)20-5-3-2-4-6-20)15-18-9-13-22(14-10-18)33-16-19-7-11-21(28)12-8-19/h2-15,17H,16H2,1H3/b24-15-,30-27+. The van der Waals surface area contributed by atoms with Gasteiger partial charge in [-0.15, -0.1) is 11.3 Å². The van der Waals surface area contributed by atoms with Crippen LogP contribution in [0.25, 0.3) is 17.3 Å². The average Bonchev–Trinajstić information content (AvgIpc) is 3.46. The van der Waals surface area contributed by atoms with E-state index in [1.54, 1.807) is 11.9 Å². The van der Waals surface area contributed by atoms with Crippen molar-refractivity contribution in [2.75, 3.05) is 7.05 Å². The molecule has 0 atom stereocenters. The summed E-state index contributed by atoms with van der Waals surface area (Å²) in [6, 6.07) is 25.2. The van der Waals surface area contributed by atoms with Crippen molar-refractivity contribution in [2.45, 2.75) is 6.61 Å². The first-order valence-electron chi connectivity index (χ1n) is 10.8. The number of rotatable bonds is 6. The molecule has 0 radical (unpaired) electrons. The Morgan fingerprint density at radius 2 is 1.77 bits per heavy atom. The molecule has 2 heterocycles. The summed E-state index contributed by atoms with van der Waals surface area (Å²) >= 11 is 8.73. The molecule has 0 N–H and O–H groups in total. The van der Waals surface area contributed by atoms with Gasteiger partial charge >= 0.3 is 0 Å². The molecule has 5 rings (SSSR count). The molecule has 0 spiro atoms. The summed E-state index contributed by atoms with van der Waals surface area (Å²) < 4.78 is 5.84. The van der Waals surface area contributed by atoms with Crippen LogP contribution in [0.15, 0.2) is 94.1 Å². The lowest BCUT2D eigenvalue weighted by atomic mass is 10.2. The smallest absolute Gasteiger partial charge is 0.266 e. The van der Waals surface area contributed by atoms with E-state index in [0.717, 1.165) is 28.1 Å². The molecule has 174 valence electrons. The van der Waals surface area contributed by atoms with E-state index in [1.807, 2.05) is 90.3 Å². The highest BCUT2D eigenvalue weighted by molar-refractivity contribution is 8.18. The lowest BCUT2D eigenvalue weighted by Gasteiger charge is -2.07. The fourth-order valence-electron chi connectivity index (χ4n) is 3.35. The van der Waals surface area contributed by atoms with Crippen LogP contribution in [0, 0.1) is 0 Å².